The number of carboxylic acids is 1. The van der Waals surface area contributed by atoms with Gasteiger partial charge in [-0.05, 0) is 47.4 Å². The van der Waals surface area contributed by atoms with Crippen molar-refractivity contribution in [3.8, 4) is 11.1 Å². The number of ether oxygens (including phenoxy) is 1. The first-order valence-corrected chi connectivity index (χ1v) is 9.45. The summed E-state index contributed by atoms with van der Waals surface area (Å²) in [6.45, 7) is 0.297. The lowest BCUT2D eigenvalue weighted by Gasteiger charge is -2.17. The summed E-state index contributed by atoms with van der Waals surface area (Å²) in [7, 11) is 0. The standard InChI is InChI=1S/C22H23NO4/c24-21(25)12-14-9-10-15(11-14)23-22(26)27-13-20-18-7-3-1-5-16(18)17-6-2-4-8-19(17)20/h1-8,14-15,20H,9-13H2,(H,23,26)(H,24,25)/t14-,15+/m0/s1. The summed E-state index contributed by atoms with van der Waals surface area (Å²) in [4.78, 5) is 23.1. The predicted molar refractivity (Wildman–Crippen MR) is 102 cm³/mol. The Balaban J connectivity index is 1.37. The summed E-state index contributed by atoms with van der Waals surface area (Å²) in [6.07, 6.45) is 2.10. The van der Waals surface area contributed by atoms with Gasteiger partial charge in [-0.25, -0.2) is 4.79 Å². The third-order valence-electron chi connectivity index (χ3n) is 5.67. The number of hydrogen-bond acceptors (Lipinski definition) is 3. The Hall–Kier alpha value is -2.82. The van der Waals surface area contributed by atoms with Gasteiger partial charge in [-0.2, -0.15) is 0 Å². The maximum atomic E-state index is 12.3. The Morgan fingerprint density at radius 3 is 2.26 bits per heavy atom. The van der Waals surface area contributed by atoms with Gasteiger partial charge in [0.1, 0.15) is 6.61 Å². The molecular weight excluding hydrogens is 342 g/mol. The van der Waals surface area contributed by atoms with Crippen LogP contribution in [0.4, 0.5) is 4.79 Å². The molecule has 5 heteroatoms. The third kappa shape index (κ3) is 3.68. The number of nitrogens with one attached hydrogen (secondary N) is 1. The topological polar surface area (TPSA) is 75.6 Å². The molecule has 140 valence electrons. The van der Waals surface area contributed by atoms with E-state index < -0.39 is 12.1 Å². The van der Waals surface area contributed by atoms with Gasteiger partial charge in [-0.1, -0.05) is 48.5 Å². The Morgan fingerprint density at radius 2 is 1.63 bits per heavy atom. The quantitative estimate of drug-likeness (QED) is 0.834. The van der Waals surface area contributed by atoms with Gasteiger partial charge in [0.15, 0.2) is 0 Å². The van der Waals surface area contributed by atoms with Gasteiger partial charge in [0, 0.05) is 18.4 Å². The first-order chi connectivity index (χ1) is 13.1. The summed E-state index contributed by atoms with van der Waals surface area (Å²) in [5.41, 5.74) is 4.78. The van der Waals surface area contributed by atoms with Crippen molar-refractivity contribution in [2.24, 2.45) is 5.92 Å². The molecule has 2 aliphatic rings. The van der Waals surface area contributed by atoms with E-state index in [9.17, 15) is 9.59 Å². The Kier molecular flexibility index (Phi) is 4.84. The molecule has 0 unspecified atom stereocenters. The van der Waals surface area contributed by atoms with Crippen LogP contribution in [0.5, 0.6) is 0 Å². The van der Waals surface area contributed by atoms with E-state index in [2.05, 4.69) is 29.6 Å². The average Bonchev–Trinajstić information content (AvgIpc) is 3.21. The molecule has 2 aromatic rings. The molecule has 0 saturated heterocycles. The van der Waals surface area contributed by atoms with Crippen LogP contribution in [0.3, 0.4) is 0 Å². The first kappa shape index (κ1) is 17.6. The fourth-order valence-corrected chi connectivity index (χ4v) is 4.45. The SMILES string of the molecule is O=C(O)C[C@H]1CC[C@@H](NC(=O)OCC2c3ccccc3-c3ccccc32)C1. The summed E-state index contributed by atoms with van der Waals surface area (Å²) >= 11 is 0. The van der Waals surface area contributed by atoms with Gasteiger partial charge in [0.05, 0.1) is 0 Å². The van der Waals surface area contributed by atoms with E-state index in [0.717, 1.165) is 12.8 Å². The maximum Gasteiger partial charge on any atom is 0.407 e. The van der Waals surface area contributed by atoms with Crippen LogP contribution in [-0.4, -0.2) is 29.8 Å². The van der Waals surface area contributed by atoms with Crippen LogP contribution in [0.15, 0.2) is 48.5 Å². The van der Waals surface area contributed by atoms with Crippen molar-refractivity contribution in [2.45, 2.75) is 37.6 Å². The van der Waals surface area contributed by atoms with E-state index in [1.807, 2.05) is 24.3 Å². The minimum Gasteiger partial charge on any atom is -0.481 e. The van der Waals surface area contributed by atoms with Gasteiger partial charge in [0.2, 0.25) is 0 Å². The molecule has 5 nitrogen and oxygen atoms in total. The van der Waals surface area contributed by atoms with E-state index in [1.165, 1.54) is 22.3 Å². The van der Waals surface area contributed by atoms with Crippen LogP contribution >= 0.6 is 0 Å². The van der Waals surface area contributed by atoms with Crippen LogP contribution in [0.1, 0.15) is 42.7 Å². The number of carboxylic acid groups (broad SMARTS) is 1. The monoisotopic (exact) mass is 365 g/mol. The molecule has 2 N–H and O–H groups in total. The van der Waals surface area contributed by atoms with Gasteiger partial charge in [0.25, 0.3) is 0 Å². The Morgan fingerprint density at radius 1 is 1.00 bits per heavy atom. The van der Waals surface area contributed by atoms with E-state index >= 15 is 0 Å². The zero-order valence-electron chi connectivity index (χ0n) is 15.1. The molecular formula is C22H23NO4. The zero-order valence-corrected chi connectivity index (χ0v) is 15.1. The molecule has 0 heterocycles. The van der Waals surface area contributed by atoms with Gasteiger partial charge in [-0.3, -0.25) is 4.79 Å². The molecule has 0 aliphatic heterocycles. The van der Waals surface area contributed by atoms with Gasteiger partial charge in [-0.15, -0.1) is 0 Å². The molecule has 0 spiro atoms. The fraction of sp³-hybridized carbons (Fsp3) is 0.364. The number of alkyl carbamates (subject to hydrolysis) is 1. The molecule has 2 aliphatic carbocycles. The molecule has 0 radical (unpaired) electrons. The number of carbonyl (C=O) groups is 2. The number of carbonyl (C=O) groups excluding carboxylic acids is 1. The number of benzene rings is 2. The molecule has 2 atom stereocenters. The van der Waals surface area contributed by atoms with Crippen molar-refractivity contribution < 1.29 is 19.4 Å². The molecule has 27 heavy (non-hydrogen) atoms. The lowest BCUT2D eigenvalue weighted by Crippen LogP contribution is -2.34. The third-order valence-corrected chi connectivity index (χ3v) is 5.67. The van der Waals surface area contributed by atoms with Crippen molar-refractivity contribution in [1.82, 2.24) is 5.32 Å². The molecule has 1 saturated carbocycles. The van der Waals surface area contributed by atoms with E-state index in [4.69, 9.17) is 9.84 Å². The van der Waals surface area contributed by atoms with Crippen LogP contribution in [0.2, 0.25) is 0 Å². The van der Waals surface area contributed by atoms with E-state index in [0.29, 0.717) is 13.0 Å². The van der Waals surface area contributed by atoms with Crippen molar-refractivity contribution in [1.29, 1.82) is 0 Å². The second-order valence-corrected chi connectivity index (χ2v) is 7.44. The highest BCUT2D eigenvalue weighted by atomic mass is 16.5. The van der Waals surface area contributed by atoms with Crippen molar-refractivity contribution in [3.05, 3.63) is 59.7 Å². The fourth-order valence-electron chi connectivity index (χ4n) is 4.45. The number of rotatable bonds is 5. The van der Waals surface area contributed by atoms with Gasteiger partial charge >= 0.3 is 12.1 Å². The number of hydrogen-bond donors (Lipinski definition) is 2. The summed E-state index contributed by atoms with van der Waals surface area (Å²) in [6, 6.07) is 16.5. The van der Waals surface area contributed by atoms with Gasteiger partial charge < -0.3 is 15.2 Å². The second kappa shape index (κ2) is 7.43. The highest BCUT2D eigenvalue weighted by Gasteiger charge is 2.30. The van der Waals surface area contributed by atoms with Crippen molar-refractivity contribution >= 4 is 12.1 Å². The highest BCUT2D eigenvalue weighted by molar-refractivity contribution is 5.79. The molecule has 4 rings (SSSR count). The van der Waals surface area contributed by atoms with Crippen LogP contribution in [0.25, 0.3) is 11.1 Å². The Bertz CT molecular complexity index is 817. The summed E-state index contributed by atoms with van der Waals surface area (Å²) in [5, 5.41) is 11.8. The molecule has 0 bridgehead atoms. The van der Waals surface area contributed by atoms with E-state index in [-0.39, 0.29) is 24.3 Å². The lowest BCUT2D eigenvalue weighted by atomic mass is 9.98. The number of amides is 1. The smallest absolute Gasteiger partial charge is 0.407 e. The molecule has 1 fully saturated rings. The lowest BCUT2D eigenvalue weighted by molar-refractivity contribution is -0.138. The Labute approximate surface area is 158 Å². The normalized spacial score (nSPS) is 20.7. The molecule has 1 amide bonds. The first-order valence-electron chi connectivity index (χ1n) is 9.45. The van der Waals surface area contributed by atoms with Crippen molar-refractivity contribution in [3.63, 3.8) is 0 Å². The largest absolute Gasteiger partial charge is 0.481 e. The number of aliphatic carboxylic acids is 1. The minimum atomic E-state index is -0.776. The predicted octanol–water partition coefficient (Wildman–Crippen LogP) is 4.17. The van der Waals surface area contributed by atoms with Crippen LogP contribution in [-0.2, 0) is 9.53 Å². The van der Waals surface area contributed by atoms with Crippen LogP contribution in [0, 0.1) is 5.92 Å². The highest BCUT2D eigenvalue weighted by Crippen LogP contribution is 2.44. The summed E-state index contributed by atoms with van der Waals surface area (Å²) in [5.74, 6) is -0.588. The zero-order chi connectivity index (χ0) is 18.8. The van der Waals surface area contributed by atoms with Crippen molar-refractivity contribution in [2.75, 3.05) is 6.61 Å². The molecule has 2 aromatic carbocycles. The summed E-state index contributed by atoms with van der Waals surface area (Å²) < 4.78 is 5.55. The average molecular weight is 365 g/mol. The maximum absolute atomic E-state index is 12.3. The van der Waals surface area contributed by atoms with E-state index in [1.54, 1.807) is 0 Å². The number of fused-ring (bicyclic) bond motifs is 3. The molecule has 0 aromatic heterocycles. The minimum absolute atomic E-state index is 0.00463. The second-order valence-electron chi connectivity index (χ2n) is 7.44. The van der Waals surface area contributed by atoms with Crippen LogP contribution < -0.4 is 5.32 Å².